The number of carbonyl (C=O) groups excluding carboxylic acids is 1. The predicted molar refractivity (Wildman–Crippen MR) is 46.6 cm³/mol. The van der Waals surface area contributed by atoms with Crippen LogP contribution >= 0.6 is 11.6 Å². The monoisotopic (exact) mass is 198 g/mol. The van der Waals surface area contributed by atoms with Gasteiger partial charge in [-0.05, 0) is 23.7 Å². The molecular weight excluding hydrogens is 195 g/mol. The Kier molecular flexibility index (Phi) is 1.81. The highest BCUT2D eigenvalue weighted by Gasteiger charge is 2.11. The Bertz CT molecular complexity index is 476. The Labute approximate surface area is 77.9 Å². The van der Waals surface area contributed by atoms with Crippen molar-refractivity contribution >= 4 is 28.9 Å². The molecule has 0 bridgehead atoms. The number of aldehydes is 1. The third-order valence-corrected chi connectivity index (χ3v) is 2.04. The second-order valence-electron chi connectivity index (χ2n) is 2.55. The lowest BCUT2D eigenvalue weighted by Gasteiger charge is -1.87. The first-order chi connectivity index (χ1) is 6.22. The summed E-state index contributed by atoms with van der Waals surface area (Å²) in [4.78, 5) is 10.5. The van der Waals surface area contributed by atoms with Crippen LogP contribution in [0.25, 0.3) is 11.0 Å². The van der Waals surface area contributed by atoms with Crippen molar-refractivity contribution in [1.29, 1.82) is 0 Å². The molecular formula is C9H4ClFO2. The summed E-state index contributed by atoms with van der Waals surface area (Å²) in [5.41, 5.74) is 0.545. The number of carbonyl (C=O) groups is 1. The molecule has 1 aromatic heterocycles. The van der Waals surface area contributed by atoms with Crippen molar-refractivity contribution in [2.75, 3.05) is 0 Å². The van der Waals surface area contributed by atoms with Gasteiger partial charge in [0.1, 0.15) is 11.4 Å². The zero-order valence-electron chi connectivity index (χ0n) is 6.38. The number of halogens is 2. The smallest absolute Gasteiger partial charge is 0.205 e. The summed E-state index contributed by atoms with van der Waals surface area (Å²) in [5, 5.41) is 0.525. The maximum absolute atomic E-state index is 12.7. The fourth-order valence-electron chi connectivity index (χ4n) is 1.17. The average Bonchev–Trinajstić information content (AvgIpc) is 2.39. The SMILES string of the molecule is O=Cc1c(Cl)oc2cc(F)ccc12. The zero-order valence-corrected chi connectivity index (χ0v) is 7.14. The summed E-state index contributed by atoms with van der Waals surface area (Å²) in [6, 6.07) is 3.90. The summed E-state index contributed by atoms with van der Waals surface area (Å²) in [7, 11) is 0. The molecule has 66 valence electrons. The van der Waals surface area contributed by atoms with Crippen molar-refractivity contribution in [3.05, 3.63) is 34.8 Å². The maximum Gasteiger partial charge on any atom is 0.205 e. The Morgan fingerprint density at radius 3 is 2.92 bits per heavy atom. The van der Waals surface area contributed by atoms with E-state index in [2.05, 4.69) is 0 Å². The van der Waals surface area contributed by atoms with Gasteiger partial charge in [0.25, 0.3) is 0 Å². The molecule has 0 aliphatic carbocycles. The fraction of sp³-hybridized carbons (Fsp3) is 0. The quantitative estimate of drug-likeness (QED) is 0.660. The number of hydrogen-bond acceptors (Lipinski definition) is 2. The van der Waals surface area contributed by atoms with Gasteiger partial charge in [-0.15, -0.1) is 0 Å². The molecule has 1 heterocycles. The van der Waals surface area contributed by atoms with Crippen LogP contribution in [0.5, 0.6) is 0 Å². The van der Waals surface area contributed by atoms with Crippen LogP contribution in [-0.2, 0) is 0 Å². The number of rotatable bonds is 1. The highest BCUT2D eigenvalue weighted by atomic mass is 35.5. The number of hydrogen-bond donors (Lipinski definition) is 0. The molecule has 0 unspecified atom stereocenters. The van der Waals surface area contributed by atoms with E-state index in [0.29, 0.717) is 11.7 Å². The predicted octanol–water partition coefficient (Wildman–Crippen LogP) is 3.04. The van der Waals surface area contributed by atoms with E-state index in [1.807, 2.05) is 0 Å². The lowest BCUT2D eigenvalue weighted by molar-refractivity contribution is 0.112. The first-order valence-electron chi connectivity index (χ1n) is 3.55. The average molecular weight is 199 g/mol. The molecule has 0 saturated carbocycles. The fourth-order valence-corrected chi connectivity index (χ4v) is 1.40. The number of furan rings is 1. The van der Waals surface area contributed by atoms with Crippen molar-refractivity contribution in [2.45, 2.75) is 0 Å². The molecule has 0 saturated heterocycles. The standard InChI is InChI=1S/C9H4ClFO2/c10-9-7(4-12)6-2-1-5(11)3-8(6)13-9/h1-4H. The van der Waals surface area contributed by atoms with Gasteiger partial charge in [-0.1, -0.05) is 0 Å². The summed E-state index contributed by atoms with van der Waals surface area (Å²) in [6.07, 6.45) is 0.589. The van der Waals surface area contributed by atoms with E-state index < -0.39 is 5.82 Å². The van der Waals surface area contributed by atoms with Gasteiger partial charge in [0, 0.05) is 11.5 Å². The first kappa shape index (κ1) is 8.26. The van der Waals surface area contributed by atoms with E-state index in [0.717, 1.165) is 0 Å². The normalized spacial score (nSPS) is 10.6. The summed E-state index contributed by atoms with van der Waals surface area (Å²) in [6.45, 7) is 0. The third-order valence-electron chi connectivity index (χ3n) is 1.76. The molecule has 1 aromatic carbocycles. The van der Waals surface area contributed by atoms with Gasteiger partial charge < -0.3 is 4.42 Å². The van der Waals surface area contributed by atoms with Crippen molar-refractivity contribution in [3.8, 4) is 0 Å². The molecule has 0 N–H and O–H groups in total. The van der Waals surface area contributed by atoms with Crippen molar-refractivity contribution in [3.63, 3.8) is 0 Å². The van der Waals surface area contributed by atoms with Crippen molar-refractivity contribution in [1.82, 2.24) is 0 Å². The van der Waals surface area contributed by atoms with Crippen LogP contribution < -0.4 is 0 Å². The largest absolute Gasteiger partial charge is 0.444 e. The Balaban J connectivity index is 2.86. The minimum absolute atomic E-state index is 0.00407. The van der Waals surface area contributed by atoms with Gasteiger partial charge in [0.15, 0.2) is 6.29 Å². The van der Waals surface area contributed by atoms with E-state index in [1.165, 1.54) is 18.2 Å². The molecule has 0 atom stereocenters. The van der Waals surface area contributed by atoms with Gasteiger partial charge in [0.2, 0.25) is 5.22 Å². The van der Waals surface area contributed by atoms with E-state index in [-0.39, 0.29) is 16.4 Å². The van der Waals surface area contributed by atoms with E-state index in [4.69, 9.17) is 16.0 Å². The molecule has 2 aromatic rings. The molecule has 0 spiro atoms. The van der Waals surface area contributed by atoms with Gasteiger partial charge in [-0.3, -0.25) is 4.79 Å². The molecule has 0 aliphatic rings. The zero-order chi connectivity index (χ0) is 9.42. The van der Waals surface area contributed by atoms with Crippen molar-refractivity contribution < 1.29 is 13.6 Å². The maximum atomic E-state index is 12.7. The minimum atomic E-state index is -0.421. The van der Waals surface area contributed by atoms with Crippen LogP contribution in [0.4, 0.5) is 4.39 Å². The number of benzene rings is 1. The minimum Gasteiger partial charge on any atom is -0.444 e. The molecule has 2 nitrogen and oxygen atoms in total. The summed E-state index contributed by atoms with van der Waals surface area (Å²) >= 11 is 5.60. The third kappa shape index (κ3) is 1.21. The van der Waals surface area contributed by atoms with Crippen LogP contribution in [0.15, 0.2) is 22.6 Å². The molecule has 2 rings (SSSR count). The van der Waals surface area contributed by atoms with E-state index in [1.54, 1.807) is 0 Å². The molecule has 0 aliphatic heterocycles. The van der Waals surface area contributed by atoms with Gasteiger partial charge in [-0.25, -0.2) is 4.39 Å². The van der Waals surface area contributed by atoms with Gasteiger partial charge >= 0.3 is 0 Å². The topological polar surface area (TPSA) is 30.2 Å². The lowest BCUT2D eigenvalue weighted by atomic mass is 10.2. The second-order valence-corrected chi connectivity index (χ2v) is 2.89. The van der Waals surface area contributed by atoms with Crippen LogP contribution in [-0.4, -0.2) is 6.29 Å². The molecule has 13 heavy (non-hydrogen) atoms. The Morgan fingerprint density at radius 1 is 1.46 bits per heavy atom. The summed E-state index contributed by atoms with van der Waals surface area (Å²) in [5.74, 6) is -0.421. The van der Waals surface area contributed by atoms with Crippen LogP contribution in [0.3, 0.4) is 0 Å². The van der Waals surface area contributed by atoms with Gasteiger partial charge in [-0.2, -0.15) is 0 Å². The van der Waals surface area contributed by atoms with Crippen LogP contribution in [0.1, 0.15) is 10.4 Å². The van der Waals surface area contributed by atoms with Crippen LogP contribution in [0.2, 0.25) is 5.22 Å². The lowest BCUT2D eigenvalue weighted by Crippen LogP contribution is -1.76. The summed E-state index contributed by atoms with van der Waals surface area (Å²) < 4.78 is 17.7. The number of fused-ring (bicyclic) bond motifs is 1. The van der Waals surface area contributed by atoms with Crippen LogP contribution in [0, 0.1) is 5.82 Å². The Morgan fingerprint density at radius 2 is 2.23 bits per heavy atom. The van der Waals surface area contributed by atoms with Crippen molar-refractivity contribution in [2.24, 2.45) is 0 Å². The highest BCUT2D eigenvalue weighted by molar-refractivity contribution is 6.33. The van der Waals surface area contributed by atoms with E-state index >= 15 is 0 Å². The van der Waals surface area contributed by atoms with E-state index in [9.17, 15) is 9.18 Å². The Hall–Kier alpha value is -1.35. The second kappa shape index (κ2) is 2.85. The molecule has 4 heteroatoms. The first-order valence-corrected chi connectivity index (χ1v) is 3.93. The van der Waals surface area contributed by atoms with Gasteiger partial charge in [0.05, 0.1) is 5.56 Å². The molecule has 0 fully saturated rings. The molecule has 0 radical (unpaired) electrons. The highest BCUT2D eigenvalue weighted by Crippen LogP contribution is 2.28. The molecule has 0 amide bonds.